The van der Waals surface area contributed by atoms with Gasteiger partial charge in [-0.15, -0.1) is 0 Å². The first kappa shape index (κ1) is 41.3. The number of nitrogens with zero attached hydrogens (tertiary/aromatic N) is 4. The molecule has 4 heteroatoms. The molecule has 0 fully saturated rings. The normalized spacial score (nSPS) is 11.6. The van der Waals surface area contributed by atoms with Crippen molar-refractivity contribution in [3.05, 3.63) is 289 Å². The number of rotatable bonds is 8. The molecule has 0 saturated carbocycles. The third-order valence-electron chi connectivity index (χ3n) is 14.3. The van der Waals surface area contributed by atoms with Crippen LogP contribution in [-0.2, 0) is 0 Å². The zero-order valence-corrected chi connectivity index (χ0v) is 39.2. The van der Waals surface area contributed by atoms with Crippen LogP contribution in [0.25, 0.3) is 110 Å². The maximum Gasteiger partial charge on any atom is 0.145 e. The number of hydrogen-bond acceptors (Lipinski definition) is 2. The first-order chi connectivity index (χ1) is 35.8. The monoisotopic (exact) mass is 916 g/mol. The highest BCUT2D eigenvalue weighted by atomic mass is 15.1. The molecule has 12 aromatic carbocycles. The molecule has 2 heterocycles. The minimum Gasteiger partial charge on any atom is -0.292 e. The van der Waals surface area contributed by atoms with Gasteiger partial charge in [0, 0.05) is 44.0 Å². The summed E-state index contributed by atoms with van der Waals surface area (Å²) >= 11 is 0. The highest BCUT2D eigenvalue weighted by Crippen LogP contribution is 2.43. The molecule has 0 aliphatic rings. The molecule has 2 aromatic heterocycles. The molecule has 4 nitrogen and oxygen atoms in total. The molecule has 14 rings (SSSR count). The SMILES string of the molecule is c1ccc(C(=C(c2ccccc2)c2ccc(-c3nc4c5ccccc5c5ccccc5c4n3-c3ccc(-c4nc5c6ccccc6c6ccccc6c5n4-c4ccccc4)cc3)cc2)c2ccccc2)cc1. The Bertz CT molecular complexity index is 4340. The van der Waals surface area contributed by atoms with Crippen LogP contribution >= 0.6 is 0 Å². The molecule has 0 amide bonds. The van der Waals surface area contributed by atoms with Gasteiger partial charge in [0.25, 0.3) is 0 Å². The molecule has 0 spiro atoms. The zero-order chi connectivity index (χ0) is 47.5. The topological polar surface area (TPSA) is 35.6 Å². The Hall–Kier alpha value is -9.64. The Balaban J connectivity index is 0.990. The Kier molecular flexibility index (Phi) is 9.82. The second-order valence-corrected chi connectivity index (χ2v) is 18.4. The van der Waals surface area contributed by atoms with E-state index in [1.54, 1.807) is 0 Å². The van der Waals surface area contributed by atoms with Gasteiger partial charge in [-0.25, -0.2) is 9.97 Å². The molecule has 14 aromatic rings. The fourth-order valence-corrected chi connectivity index (χ4v) is 11.1. The minimum absolute atomic E-state index is 0.872. The zero-order valence-electron chi connectivity index (χ0n) is 39.2. The van der Waals surface area contributed by atoms with Crippen LogP contribution < -0.4 is 0 Å². The van der Waals surface area contributed by atoms with Crippen LogP contribution in [0.3, 0.4) is 0 Å². The van der Waals surface area contributed by atoms with Crippen molar-refractivity contribution >= 4 is 76.3 Å². The maximum atomic E-state index is 5.66. The van der Waals surface area contributed by atoms with Crippen LogP contribution in [-0.4, -0.2) is 19.1 Å². The molecule has 0 aliphatic carbocycles. The number of benzene rings is 12. The van der Waals surface area contributed by atoms with Gasteiger partial charge in [-0.1, -0.05) is 231 Å². The fourth-order valence-electron chi connectivity index (χ4n) is 11.1. The Morgan fingerprint density at radius 3 is 0.903 bits per heavy atom. The molecule has 0 bridgehead atoms. The van der Waals surface area contributed by atoms with E-state index in [1.165, 1.54) is 38.1 Å². The summed E-state index contributed by atoms with van der Waals surface area (Å²) in [5.41, 5.74) is 15.2. The second-order valence-electron chi connectivity index (χ2n) is 18.4. The van der Waals surface area contributed by atoms with Gasteiger partial charge in [-0.2, -0.15) is 0 Å². The van der Waals surface area contributed by atoms with E-state index in [4.69, 9.17) is 9.97 Å². The Labute approximate surface area is 416 Å². The van der Waals surface area contributed by atoms with Gasteiger partial charge >= 0.3 is 0 Å². The maximum absolute atomic E-state index is 5.66. The Morgan fingerprint density at radius 1 is 0.236 bits per heavy atom. The van der Waals surface area contributed by atoms with Crippen LogP contribution in [0.1, 0.15) is 22.3 Å². The number of hydrogen-bond donors (Lipinski definition) is 0. The first-order valence-corrected chi connectivity index (χ1v) is 24.6. The van der Waals surface area contributed by atoms with Crippen LogP contribution in [0.15, 0.2) is 267 Å². The van der Waals surface area contributed by atoms with Crippen molar-refractivity contribution in [2.24, 2.45) is 0 Å². The van der Waals surface area contributed by atoms with Gasteiger partial charge in [-0.3, -0.25) is 9.13 Å². The average Bonchev–Trinajstić information content (AvgIpc) is 4.07. The summed E-state index contributed by atoms with van der Waals surface area (Å²) in [6, 6.07) is 95.7. The largest absolute Gasteiger partial charge is 0.292 e. The molecule has 336 valence electrons. The van der Waals surface area contributed by atoms with Crippen LogP contribution in [0.4, 0.5) is 0 Å². The summed E-state index contributed by atoms with van der Waals surface area (Å²) in [6.45, 7) is 0. The standard InChI is InChI=1S/C68H44N4/c1-5-21-45(22-6-1)61(46-23-7-2-8-24-46)62(47-25-9-3-10-26-47)48-37-39-49(40-38-48)67-69-64-58-34-18-14-30-54(58)56-32-16-20-36-60(56)66(64)72(67)52-43-41-50(42-44-52)68-70-63-57-33-17-13-29-53(57)55-31-15-19-35-59(55)65(63)71(68)51-27-11-4-12-28-51/h1-44H. The van der Waals surface area contributed by atoms with Gasteiger partial charge in [0.1, 0.15) is 11.6 Å². The molecule has 0 saturated heterocycles. The third-order valence-corrected chi connectivity index (χ3v) is 14.3. The smallest absolute Gasteiger partial charge is 0.145 e. The van der Waals surface area contributed by atoms with Crippen molar-refractivity contribution in [3.8, 4) is 34.2 Å². The lowest BCUT2D eigenvalue weighted by molar-refractivity contribution is 1.09. The van der Waals surface area contributed by atoms with Gasteiger partial charge in [0.05, 0.1) is 22.1 Å². The highest BCUT2D eigenvalue weighted by Gasteiger charge is 2.24. The average molecular weight is 917 g/mol. The van der Waals surface area contributed by atoms with Crippen molar-refractivity contribution < 1.29 is 0 Å². The van der Waals surface area contributed by atoms with Crippen molar-refractivity contribution in [3.63, 3.8) is 0 Å². The van der Waals surface area contributed by atoms with Gasteiger partial charge < -0.3 is 0 Å². The van der Waals surface area contributed by atoms with E-state index < -0.39 is 0 Å². The highest BCUT2D eigenvalue weighted by molar-refractivity contribution is 6.25. The Morgan fingerprint density at radius 2 is 0.514 bits per heavy atom. The van der Waals surface area contributed by atoms with Gasteiger partial charge in [0.2, 0.25) is 0 Å². The first-order valence-electron chi connectivity index (χ1n) is 24.6. The molecule has 72 heavy (non-hydrogen) atoms. The van der Waals surface area contributed by atoms with Crippen LogP contribution in [0, 0.1) is 0 Å². The van der Waals surface area contributed by atoms with E-state index in [2.05, 4.69) is 276 Å². The summed E-state index contributed by atoms with van der Waals surface area (Å²) in [7, 11) is 0. The predicted octanol–water partition coefficient (Wildman–Crippen LogP) is 17.3. The van der Waals surface area contributed by atoms with E-state index in [-0.39, 0.29) is 0 Å². The molecule has 0 N–H and O–H groups in total. The number of para-hydroxylation sites is 1. The summed E-state index contributed by atoms with van der Waals surface area (Å²) in [5, 5.41) is 9.39. The van der Waals surface area contributed by atoms with Crippen molar-refractivity contribution in [2.75, 3.05) is 0 Å². The lowest BCUT2D eigenvalue weighted by atomic mass is 9.85. The van der Waals surface area contributed by atoms with E-state index in [0.717, 1.165) is 94.6 Å². The van der Waals surface area contributed by atoms with Gasteiger partial charge in [0.15, 0.2) is 0 Å². The molecular formula is C68H44N4. The molecule has 0 aliphatic heterocycles. The minimum atomic E-state index is 0.872. The van der Waals surface area contributed by atoms with E-state index in [1.807, 2.05) is 0 Å². The van der Waals surface area contributed by atoms with E-state index in [9.17, 15) is 0 Å². The molecule has 0 atom stereocenters. The summed E-state index contributed by atoms with van der Waals surface area (Å²) in [6.07, 6.45) is 0. The number of aromatic nitrogens is 4. The lowest BCUT2D eigenvalue weighted by Gasteiger charge is -2.18. The molecular weight excluding hydrogens is 873 g/mol. The van der Waals surface area contributed by atoms with E-state index >= 15 is 0 Å². The molecule has 0 unspecified atom stereocenters. The van der Waals surface area contributed by atoms with Crippen molar-refractivity contribution in [1.29, 1.82) is 0 Å². The quantitative estimate of drug-likeness (QED) is 0.112. The summed E-state index contributed by atoms with van der Waals surface area (Å²) in [5.74, 6) is 1.76. The van der Waals surface area contributed by atoms with Crippen LogP contribution in [0.5, 0.6) is 0 Å². The van der Waals surface area contributed by atoms with Crippen LogP contribution in [0.2, 0.25) is 0 Å². The van der Waals surface area contributed by atoms with Gasteiger partial charge in [-0.05, 0) is 91.3 Å². The predicted molar refractivity (Wildman–Crippen MR) is 301 cm³/mol. The lowest BCUT2D eigenvalue weighted by Crippen LogP contribution is -2.01. The van der Waals surface area contributed by atoms with Crippen molar-refractivity contribution in [2.45, 2.75) is 0 Å². The van der Waals surface area contributed by atoms with Crippen molar-refractivity contribution in [1.82, 2.24) is 19.1 Å². The molecule has 0 radical (unpaired) electrons. The third kappa shape index (κ3) is 6.69. The summed E-state index contributed by atoms with van der Waals surface area (Å²) in [4.78, 5) is 11.2. The summed E-state index contributed by atoms with van der Waals surface area (Å²) < 4.78 is 4.72. The number of fused-ring (bicyclic) bond motifs is 12. The fraction of sp³-hybridized carbons (Fsp3) is 0. The number of imidazole rings is 2. The second kappa shape index (κ2) is 17.1. The van der Waals surface area contributed by atoms with E-state index in [0.29, 0.717) is 0 Å².